The van der Waals surface area contributed by atoms with Crippen LogP contribution < -0.4 is 5.32 Å². The Kier molecular flexibility index (Phi) is 5.63. The van der Waals surface area contributed by atoms with Crippen LogP contribution in [-0.2, 0) is 13.1 Å². The zero-order chi connectivity index (χ0) is 16.9. The molecule has 1 fully saturated rings. The van der Waals surface area contributed by atoms with Crippen LogP contribution >= 0.6 is 11.3 Å². The Bertz CT molecular complexity index is 704. The van der Waals surface area contributed by atoms with Crippen molar-refractivity contribution in [1.82, 2.24) is 15.2 Å². The van der Waals surface area contributed by atoms with Gasteiger partial charge in [0.15, 0.2) is 0 Å². The molecule has 128 valence electrons. The summed E-state index contributed by atoms with van der Waals surface area (Å²) in [4.78, 5) is 19.4. The van der Waals surface area contributed by atoms with E-state index in [-0.39, 0.29) is 5.91 Å². The molecule has 1 N–H and O–H groups in total. The first-order valence-electron chi connectivity index (χ1n) is 8.63. The molecular formula is C19H25N3OS. The monoisotopic (exact) mass is 343 g/mol. The Morgan fingerprint density at radius 1 is 1.21 bits per heavy atom. The van der Waals surface area contributed by atoms with Crippen LogP contribution in [0.5, 0.6) is 0 Å². The Morgan fingerprint density at radius 3 is 2.75 bits per heavy atom. The van der Waals surface area contributed by atoms with Gasteiger partial charge in [0.2, 0.25) is 0 Å². The lowest BCUT2D eigenvalue weighted by atomic mass is 10.1. The van der Waals surface area contributed by atoms with Gasteiger partial charge in [0.1, 0.15) is 5.01 Å². The number of rotatable bonds is 5. The lowest BCUT2D eigenvalue weighted by molar-refractivity contribution is 0.0950. The number of hydrogen-bond donors (Lipinski definition) is 1. The third-order valence-electron chi connectivity index (χ3n) is 4.60. The molecule has 1 amide bonds. The predicted octanol–water partition coefficient (Wildman–Crippen LogP) is 3.68. The number of benzene rings is 1. The summed E-state index contributed by atoms with van der Waals surface area (Å²) in [6.07, 6.45) is 3.94. The van der Waals surface area contributed by atoms with Gasteiger partial charge in [-0.1, -0.05) is 12.5 Å². The molecule has 1 aliphatic heterocycles. The van der Waals surface area contributed by atoms with Gasteiger partial charge in [-0.25, -0.2) is 4.98 Å². The van der Waals surface area contributed by atoms with Crippen molar-refractivity contribution in [3.8, 4) is 0 Å². The van der Waals surface area contributed by atoms with Gasteiger partial charge in [0, 0.05) is 17.5 Å². The van der Waals surface area contributed by atoms with E-state index in [9.17, 15) is 4.79 Å². The normalized spacial score (nSPS) is 15.4. The fraction of sp³-hybridized carbons (Fsp3) is 0.474. The maximum atomic E-state index is 12.3. The van der Waals surface area contributed by atoms with Crippen LogP contribution in [-0.4, -0.2) is 28.9 Å². The number of likely N-dealkylation sites (tertiary alicyclic amines) is 1. The fourth-order valence-corrected chi connectivity index (χ4v) is 3.71. The Hall–Kier alpha value is -1.72. The number of aryl methyl sites for hydroxylation is 2. The first-order chi connectivity index (χ1) is 11.6. The summed E-state index contributed by atoms with van der Waals surface area (Å²) in [7, 11) is 0. The summed E-state index contributed by atoms with van der Waals surface area (Å²) >= 11 is 1.63. The summed E-state index contributed by atoms with van der Waals surface area (Å²) in [5.74, 6) is -0.0362. The second kappa shape index (κ2) is 7.90. The zero-order valence-corrected chi connectivity index (χ0v) is 15.3. The second-order valence-electron chi connectivity index (χ2n) is 6.55. The Balaban J connectivity index is 1.52. The molecule has 0 unspecified atom stereocenters. The van der Waals surface area contributed by atoms with E-state index in [1.165, 1.54) is 37.9 Å². The van der Waals surface area contributed by atoms with Crippen LogP contribution in [0.3, 0.4) is 0 Å². The minimum atomic E-state index is -0.0362. The van der Waals surface area contributed by atoms with E-state index in [1.807, 2.05) is 25.1 Å². The average molecular weight is 343 g/mol. The van der Waals surface area contributed by atoms with Gasteiger partial charge in [-0.05, 0) is 63.0 Å². The maximum Gasteiger partial charge on any atom is 0.251 e. The molecule has 1 aromatic heterocycles. The van der Waals surface area contributed by atoms with Crippen LogP contribution in [0.15, 0.2) is 23.6 Å². The summed E-state index contributed by atoms with van der Waals surface area (Å²) in [6.45, 7) is 7.86. The van der Waals surface area contributed by atoms with Gasteiger partial charge in [0.05, 0.1) is 12.2 Å². The summed E-state index contributed by atoms with van der Waals surface area (Å²) in [5.41, 5.74) is 4.18. The van der Waals surface area contributed by atoms with Crippen molar-refractivity contribution in [3.05, 3.63) is 51.0 Å². The number of nitrogens with zero attached hydrogens (tertiary/aromatic N) is 2. The van der Waals surface area contributed by atoms with Gasteiger partial charge in [-0.3, -0.25) is 9.69 Å². The highest BCUT2D eigenvalue weighted by Crippen LogP contribution is 2.16. The van der Waals surface area contributed by atoms with Gasteiger partial charge >= 0.3 is 0 Å². The van der Waals surface area contributed by atoms with Crippen molar-refractivity contribution in [1.29, 1.82) is 0 Å². The highest BCUT2D eigenvalue weighted by atomic mass is 32.1. The number of carbonyl (C=O) groups is 1. The lowest BCUT2D eigenvalue weighted by Gasteiger charge is -2.25. The lowest BCUT2D eigenvalue weighted by Crippen LogP contribution is -2.29. The molecule has 0 aliphatic carbocycles. The maximum absolute atomic E-state index is 12.3. The Labute approximate surface area is 147 Å². The predicted molar refractivity (Wildman–Crippen MR) is 98.3 cm³/mol. The van der Waals surface area contributed by atoms with Gasteiger partial charge in [-0.2, -0.15) is 0 Å². The van der Waals surface area contributed by atoms with Crippen molar-refractivity contribution in [2.75, 3.05) is 13.1 Å². The first-order valence-corrected chi connectivity index (χ1v) is 9.51. The third kappa shape index (κ3) is 4.42. The minimum absolute atomic E-state index is 0.0362. The number of carbonyl (C=O) groups excluding carboxylic acids is 1. The van der Waals surface area contributed by atoms with Crippen LogP contribution in [0.4, 0.5) is 0 Å². The highest BCUT2D eigenvalue weighted by molar-refractivity contribution is 7.09. The van der Waals surface area contributed by atoms with Crippen LogP contribution in [0.25, 0.3) is 0 Å². The topological polar surface area (TPSA) is 45.2 Å². The first kappa shape index (κ1) is 17.1. The van der Waals surface area contributed by atoms with Crippen molar-refractivity contribution in [3.63, 3.8) is 0 Å². The molecule has 3 rings (SSSR count). The molecule has 5 heteroatoms. The largest absolute Gasteiger partial charge is 0.346 e. The molecule has 4 nitrogen and oxygen atoms in total. The van der Waals surface area contributed by atoms with Gasteiger partial charge < -0.3 is 5.32 Å². The SMILES string of the molecule is Cc1ccc(C(=O)NCc2nc(CN3CCCCC3)cs2)cc1C. The number of nitrogens with one attached hydrogen (secondary N) is 1. The van der Waals surface area contributed by atoms with Crippen molar-refractivity contribution in [2.24, 2.45) is 0 Å². The van der Waals surface area contributed by atoms with E-state index in [1.54, 1.807) is 11.3 Å². The molecule has 0 atom stereocenters. The van der Waals surface area contributed by atoms with Gasteiger partial charge in [0.25, 0.3) is 5.91 Å². The van der Waals surface area contributed by atoms with E-state index >= 15 is 0 Å². The van der Waals surface area contributed by atoms with E-state index in [4.69, 9.17) is 0 Å². The molecule has 1 aromatic carbocycles. The minimum Gasteiger partial charge on any atom is -0.346 e. The number of piperidine rings is 1. The smallest absolute Gasteiger partial charge is 0.251 e. The summed E-state index contributed by atoms with van der Waals surface area (Å²) in [6, 6.07) is 5.81. The Morgan fingerprint density at radius 2 is 2.00 bits per heavy atom. The van der Waals surface area contributed by atoms with E-state index in [0.717, 1.165) is 22.8 Å². The number of thiazole rings is 1. The quantitative estimate of drug-likeness (QED) is 0.901. The molecule has 1 aliphatic rings. The molecule has 0 spiro atoms. The van der Waals surface area contributed by atoms with Crippen LogP contribution in [0.1, 0.15) is 51.4 Å². The molecule has 2 heterocycles. The molecule has 0 bridgehead atoms. The third-order valence-corrected chi connectivity index (χ3v) is 5.50. The number of aromatic nitrogens is 1. The highest BCUT2D eigenvalue weighted by Gasteiger charge is 2.13. The zero-order valence-electron chi connectivity index (χ0n) is 14.5. The van der Waals surface area contributed by atoms with E-state index in [0.29, 0.717) is 12.1 Å². The second-order valence-corrected chi connectivity index (χ2v) is 7.49. The number of hydrogen-bond acceptors (Lipinski definition) is 4. The van der Waals surface area contributed by atoms with E-state index in [2.05, 4.69) is 27.5 Å². The molecule has 0 radical (unpaired) electrons. The van der Waals surface area contributed by atoms with Crippen LogP contribution in [0.2, 0.25) is 0 Å². The molecule has 24 heavy (non-hydrogen) atoms. The summed E-state index contributed by atoms with van der Waals surface area (Å²) < 4.78 is 0. The molecule has 2 aromatic rings. The van der Waals surface area contributed by atoms with Gasteiger partial charge in [-0.15, -0.1) is 11.3 Å². The molecule has 0 saturated carbocycles. The number of amides is 1. The summed E-state index contributed by atoms with van der Waals surface area (Å²) in [5, 5.41) is 6.06. The van der Waals surface area contributed by atoms with Crippen molar-refractivity contribution < 1.29 is 4.79 Å². The fourth-order valence-electron chi connectivity index (χ4n) is 2.99. The average Bonchev–Trinajstić information content (AvgIpc) is 3.03. The molecule has 1 saturated heterocycles. The van der Waals surface area contributed by atoms with Crippen molar-refractivity contribution >= 4 is 17.2 Å². The molecular weight excluding hydrogens is 318 g/mol. The van der Waals surface area contributed by atoms with E-state index < -0.39 is 0 Å². The van der Waals surface area contributed by atoms with Crippen LogP contribution in [0, 0.1) is 13.8 Å². The van der Waals surface area contributed by atoms with Crippen molar-refractivity contribution in [2.45, 2.75) is 46.2 Å². The standard InChI is InChI=1S/C19H25N3OS/c1-14-6-7-16(10-15(14)2)19(23)20-11-18-21-17(13-24-18)12-22-8-4-3-5-9-22/h6-7,10,13H,3-5,8-9,11-12H2,1-2H3,(H,20,23).